The van der Waals surface area contributed by atoms with Crippen LogP contribution in [0.1, 0.15) is 46.3 Å². The molecule has 2 aromatic heterocycles. The van der Waals surface area contributed by atoms with Crippen molar-refractivity contribution >= 4 is 28.5 Å². The van der Waals surface area contributed by atoms with E-state index in [9.17, 15) is 32.3 Å². The summed E-state index contributed by atoms with van der Waals surface area (Å²) in [6, 6.07) is 7.51. The number of carbonyl (C=O) groups is 3. The van der Waals surface area contributed by atoms with Crippen LogP contribution in [-0.2, 0) is 24.8 Å². The van der Waals surface area contributed by atoms with Gasteiger partial charge in [0.1, 0.15) is 17.7 Å². The van der Waals surface area contributed by atoms with E-state index in [0.29, 0.717) is 30.7 Å². The Morgan fingerprint density at radius 1 is 1.14 bits per heavy atom. The number of piperidine rings is 1. The molecule has 11 nitrogen and oxygen atoms in total. The van der Waals surface area contributed by atoms with Gasteiger partial charge in [-0.25, -0.2) is 0 Å². The number of alkyl halides is 3. The first-order valence-corrected chi connectivity index (χ1v) is 13.7. The number of likely N-dealkylation sites (tertiary alicyclic amines) is 1. The topological polar surface area (TPSA) is 132 Å². The second-order valence-corrected chi connectivity index (χ2v) is 10.2. The van der Waals surface area contributed by atoms with Crippen molar-refractivity contribution in [3.05, 3.63) is 57.6 Å². The van der Waals surface area contributed by atoms with Gasteiger partial charge in [0.05, 0.1) is 19.2 Å². The fourth-order valence-electron chi connectivity index (χ4n) is 5.23. The van der Waals surface area contributed by atoms with Crippen LogP contribution in [-0.4, -0.2) is 82.4 Å². The summed E-state index contributed by atoms with van der Waals surface area (Å²) < 4.78 is 52.7. The van der Waals surface area contributed by atoms with Crippen LogP contribution in [0.4, 0.5) is 13.2 Å². The monoisotopic (exact) mass is 606 g/mol. The average molecular weight is 607 g/mol. The van der Waals surface area contributed by atoms with Gasteiger partial charge in [0, 0.05) is 37.4 Å². The molecule has 43 heavy (non-hydrogen) atoms. The lowest BCUT2D eigenvalue weighted by Crippen LogP contribution is -2.47. The molecule has 0 saturated carbocycles. The van der Waals surface area contributed by atoms with Crippen LogP contribution in [0.3, 0.4) is 0 Å². The van der Waals surface area contributed by atoms with Gasteiger partial charge in [-0.2, -0.15) is 13.2 Å². The molecule has 3 heterocycles. The fourth-order valence-corrected chi connectivity index (χ4v) is 5.23. The van der Waals surface area contributed by atoms with Gasteiger partial charge < -0.3 is 33.9 Å². The third kappa shape index (κ3) is 6.85. The Morgan fingerprint density at radius 2 is 1.84 bits per heavy atom. The number of nitrogens with one attached hydrogen (secondary N) is 1. The SMILES string of the molecule is CCc1cc2c(c(OCC(F)(F)F)c(C(=O)NC3CCN(C(=O)CO)CC3)n2C)c(=O)n1CC(=O)c1cccc(OC)c1. The van der Waals surface area contributed by atoms with E-state index < -0.39 is 60.9 Å². The van der Waals surface area contributed by atoms with Gasteiger partial charge in [0.25, 0.3) is 11.5 Å². The molecule has 0 spiro atoms. The highest BCUT2D eigenvalue weighted by molar-refractivity contribution is 6.04. The van der Waals surface area contributed by atoms with Gasteiger partial charge in [-0.05, 0) is 37.5 Å². The third-order valence-corrected chi connectivity index (χ3v) is 7.47. The summed E-state index contributed by atoms with van der Waals surface area (Å²) in [6.07, 6.45) is -3.72. The van der Waals surface area contributed by atoms with Crippen molar-refractivity contribution in [1.29, 1.82) is 0 Å². The second-order valence-electron chi connectivity index (χ2n) is 10.2. The first kappa shape index (κ1) is 31.6. The number of aryl methyl sites for hydroxylation is 2. The largest absolute Gasteiger partial charge is 0.497 e. The Morgan fingerprint density at radius 3 is 2.44 bits per heavy atom. The van der Waals surface area contributed by atoms with Gasteiger partial charge >= 0.3 is 6.18 Å². The normalized spacial score (nSPS) is 14.2. The Labute approximate surface area is 244 Å². The molecule has 0 aliphatic carbocycles. The summed E-state index contributed by atoms with van der Waals surface area (Å²) in [7, 11) is 2.90. The molecule has 4 rings (SSSR count). The van der Waals surface area contributed by atoms with Crippen molar-refractivity contribution in [2.45, 2.75) is 44.9 Å². The van der Waals surface area contributed by atoms with E-state index in [1.807, 2.05) is 0 Å². The van der Waals surface area contributed by atoms with Crippen LogP contribution in [0.15, 0.2) is 35.1 Å². The van der Waals surface area contributed by atoms with Crippen LogP contribution in [0, 0.1) is 0 Å². The standard InChI is InChI=1S/C29H33F3N4O7/c1-4-19-13-21-24(28(41)36(19)14-22(38)17-6-5-7-20(12-17)42-3)26(43-16-29(30,31)32)25(34(21)2)27(40)33-18-8-10-35(11-9-18)23(39)15-37/h5-7,12-13,18,37H,4,8-11,14-16H2,1-3H3,(H,33,40). The number of carbonyl (C=O) groups excluding carboxylic acids is 3. The summed E-state index contributed by atoms with van der Waals surface area (Å²) in [5.41, 5.74) is -0.151. The van der Waals surface area contributed by atoms with E-state index in [0.717, 1.165) is 0 Å². The number of hydrogen-bond donors (Lipinski definition) is 2. The highest BCUT2D eigenvalue weighted by atomic mass is 19.4. The number of ether oxygens (including phenoxy) is 2. The minimum absolute atomic E-state index is 0.178. The molecule has 2 N–H and O–H groups in total. The fraction of sp³-hybridized carbons (Fsp3) is 0.448. The molecule has 1 saturated heterocycles. The minimum atomic E-state index is -4.76. The maximum atomic E-state index is 13.9. The summed E-state index contributed by atoms with van der Waals surface area (Å²) in [4.78, 5) is 53.8. The second kappa shape index (κ2) is 12.9. The van der Waals surface area contributed by atoms with Gasteiger partial charge in [0.2, 0.25) is 5.91 Å². The van der Waals surface area contributed by atoms with Crippen LogP contribution >= 0.6 is 0 Å². The van der Waals surface area contributed by atoms with Crippen molar-refractivity contribution < 1.29 is 42.1 Å². The van der Waals surface area contributed by atoms with Crippen molar-refractivity contribution in [2.24, 2.45) is 7.05 Å². The molecule has 1 aromatic carbocycles. The molecule has 0 bridgehead atoms. The number of halogens is 3. The molecule has 232 valence electrons. The molecular weight excluding hydrogens is 573 g/mol. The van der Waals surface area contributed by atoms with Crippen LogP contribution in [0.5, 0.6) is 11.5 Å². The number of pyridine rings is 1. The van der Waals surface area contributed by atoms with Gasteiger partial charge in [-0.3, -0.25) is 19.2 Å². The third-order valence-electron chi connectivity index (χ3n) is 7.47. The predicted molar refractivity (Wildman–Crippen MR) is 150 cm³/mol. The zero-order valence-corrected chi connectivity index (χ0v) is 24.0. The van der Waals surface area contributed by atoms with Gasteiger partial charge in [0.15, 0.2) is 23.8 Å². The van der Waals surface area contributed by atoms with Crippen molar-refractivity contribution in [3.8, 4) is 11.5 Å². The Bertz CT molecular complexity index is 1590. The summed E-state index contributed by atoms with van der Waals surface area (Å²) in [5, 5.41) is 11.6. The number of ketones is 1. The number of methoxy groups -OCH3 is 1. The molecule has 2 amide bonds. The molecule has 1 aliphatic heterocycles. The highest BCUT2D eigenvalue weighted by Crippen LogP contribution is 2.33. The summed E-state index contributed by atoms with van der Waals surface area (Å²) in [5.74, 6) is -1.70. The molecular formula is C29H33F3N4O7. The van der Waals surface area contributed by atoms with Crippen LogP contribution in [0.25, 0.3) is 10.9 Å². The number of amides is 2. The maximum absolute atomic E-state index is 13.9. The lowest BCUT2D eigenvalue weighted by atomic mass is 10.0. The number of aliphatic hydroxyl groups is 1. The van der Waals surface area contributed by atoms with Crippen molar-refractivity contribution in [1.82, 2.24) is 19.4 Å². The number of benzene rings is 1. The molecule has 0 unspecified atom stereocenters. The molecule has 14 heteroatoms. The summed E-state index contributed by atoms with van der Waals surface area (Å²) in [6.45, 7) is -0.448. The van der Waals surface area contributed by atoms with Crippen LogP contribution < -0.4 is 20.3 Å². The molecule has 3 aromatic rings. The van der Waals surface area contributed by atoms with E-state index in [-0.39, 0.29) is 35.2 Å². The number of aromatic nitrogens is 2. The first-order chi connectivity index (χ1) is 20.4. The van der Waals surface area contributed by atoms with Crippen LogP contribution in [0.2, 0.25) is 0 Å². The van der Waals surface area contributed by atoms with E-state index >= 15 is 0 Å². The smallest absolute Gasteiger partial charge is 0.422 e. The van der Waals surface area contributed by atoms with Gasteiger partial charge in [-0.1, -0.05) is 19.1 Å². The Kier molecular flexibility index (Phi) is 9.48. The van der Waals surface area contributed by atoms with Gasteiger partial charge in [-0.15, -0.1) is 0 Å². The predicted octanol–water partition coefficient (Wildman–Crippen LogP) is 2.45. The van der Waals surface area contributed by atoms with Crippen molar-refractivity contribution in [3.63, 3.8) is 0 Å². The molecule has 1 fully saturated rings. The molecule has 1 aliphatic rings. The van der Waals surface area contributed by atoms with E-state index in [1.54, 1.807) is 31.2 Å². The Hall–Kier alpha value is -4.33. The van der Waals surface area contributed by atoms with E-state index in [4.69, 9.17) is 14.6 Å². The highest BCUT2D eigenvalue weighted by Gasteiger charge is 2.34. The number of aliphatic hydroxyl groups excluding tert-OH is 1. The minimum Gasteiger partial charge on any atom is -0.497 e. The van der Waals surface area contributed by atoms with E-state index in [2.05, 4.69) is 5.32 Å². The number of rotatable bonds is 10. The average Bonchev–Trinajstić information content (AvgIpc) is 3.28. The number of Topliss-reactive ketones (excluding diaryl/α,β-unsaturated/α-hetero) is 1. The van der Waals surface area contributed by atoms with Crippen molar-refractivity contribution in [2.75, 3.05) is 33.4 Å². The lowest BCUT2D eigenvalue weighted by Gasteiger charge is -2.32. The maximum Gasteiger partial charge on any atom is 0.422 e. The number of hydrogen-bond acceptors (Lipinski definition) is 7. The zero-order chi connectivity index (χ0) is 31.5. The summed E-state index contributed by atoms with van der Waals surface area (Å²) >= 11 is 0. The zero-order valence-electron chi connectivity index (χ0n) is 24.0. The Balaban J connectivity index is 1.75. The first-order valence-electron chi connectivity index (χ1n) is 13.7. The quantitative estimate of drug-likeness (QED) is 0.339. The lowest BCUT2D eigenvalue weighted by molar-refractivity contribution is -0.153. The molecule has 0 atom stereocenters. The molecule has 0 radical (unpaired) electrons. The van der Waals surface area contributed by atoms with E-state index in [1.165, 1.54) is 34.3 Å². The number of fused-ring (bicyclic) bond motifs is 1. The number of nitrogens with zero attached hydrogens (tertiary/aromatic N) is 3.